The van der Waals surface area contributed by atoms with Crippen LogP contribution in [0.5, 0.6) is 5.75 Å². The van der Waals surface area contributed by atoms with E-state index >= 15 is 0 Å². The van der Waals surface area contributed by atoms with Crippen molar-refractivity contribution in [3.63, 3.8) is 0 Å². The minimum absolute atomic E-state index is 0.205. The first kappa shape index (κ1) is 16.5. The molecule has 0 saturated heterocycles. The molecule has 2 N–H and O–H groups in total. The number of nitrogen functional groups attached to an aromatic ring is 1. The van der Waals surface area contributed by atoms with Gasteiger partial charge in [-0.3, -0.25) is 0 Å². The number of rotatable bonds is 1. The van der Waals surface area contributed by atoms with Crippen LogP contribution in [0.3, 0.4) is 0 Å². The molecule has 0 aliphatic carbocycles. The highest BCUT2D eigenvalue weighted by atomic mass is 19.4. The lowest BCUT2D eigenvalue weighted by molar-refractivity contribution is -0.138. The summed E-state index contributed by atoms with van der Waals surface area (Å²) in [6.45, 7) is 5.69. The number of nitrogens with two attached hydrogens (primary N) is 1. The summed E-state index contributed by atoms with van der Waals surface area (Å²) in [4.78, 5) is 1.84. The summed E-state index contributed by atoms with van der Waals surface area (Å²) in [7, 11) is 0. The van der Waals surface area contributed by atoms with Gasteiger partial charge in [0.1, 0.15) is 11.4 Å². The Bertz CT molecular complexity index is 784. The largest absolute Gasteiger partial charge is 0.484 e. The summed E-state index contributed by atoms with van der Waals surface area (Å²) in [6, 6.07) is 9.57. The third-order valence-electron chi connectivity index (χ3n) is 4.04. The van der Waals surface area contributed by atoms with Gasteiger partial charge in [-0.2, -0.15) is 13.2 Å². The molecule has 3 rings (SSSR count). The molecule has 6 heteroatoms. The SMILES string of the molecule is Cc1ccc(N2CC(C)(C)Oc3cc(N)ccc32)cc1C(F)(F)F. The van der Waals surface area contributed by atoms with E-state index in [0.29, 0.717) is 29.4 Å². The molecule has 0 atom stereocenters. The van der Waals surface area contributed by atoms with Crippen molar-refractivity contribution in [2.24, 2.45) is 0 Å². The van der Waals surface area contributed by atoms with E-state index in [0.717, 1.165) is 0 Å². The summed E-state index contributed by atoms with van der Waals surface area (Å²) < 4.78 is 45.6. The normalized spacial score (nSPS) is 16.5. The summed E-state index contributed by atoms with van der Waals surface area (Å²) in [5, 5.41) is 0. The number of anilines is 3. The quantitative estimate of drug-likeness (QED) is 0.752. The highest BCUT2D eigenvalue weighted by Crippen LogP contribution is 2.43. The topological polar surface area (TPSA) is 38.5 Å². The first-order valence-electron chi connectivity index (χ1n) is 7.61. The molecule has 0 amide bonds. The second-order valence-corrected chi connectivity index (χ2v) is 6.67. The van der Waals surface area contributed by atoms with Crippen LogP contribution in [0.25, 0.3) is 0 Å². The van der Waals surface area contributed by atoms with Gasteiger partial charge in [0.2, 0.25) is 0 Å². The fraction of sp³-hybridized carbons (Fsp3) is 0.333. The molecule has 0 radical (unpaired) electrons. The lowest BCUT2D eigenvalue weighted by Gasteiger charge is -2.41. The van der Waals surface area contributed by atoms with Gasteiger partial charge in [-0.1, -0.05) is 6.07 Å². The fourth-order valence-electron chi connectivity index (χ4n) is 2.94. The smallest absolute Gasteiger partial charge is 0.416 e. The molecule has 0 spiro atoms. The van der Waals surface area contributed by atoms with Gasteiger partial charge in [0.05, 0.1) is 17.8 Å². The van der Waals surface area contributed by atoms with Crippen LogP contribution < -0.4 is 15.4 Å². The van der Waals surface area contributed by atoms with Gasteiger partial charge in [0.25, 0.3) is 0 Å². The van der Waals surface area contributed by atoms with E-state index < -0.39 is 17.3 Å². The van der Waals surface area contributed by atoms with Crippen LogP contribution >= 0.6 is 0 Å². The van der Waals surface area contributed by atoms with Crippen molar-refractivity contribution in [2.75, 3.05) is 17.2 Å². The van der Waals surface area contributed by atoms with Crippen molar-refractivity contribution in [3.05, 3.63) is 47.5 Å². The number of benzene rings is 2. The zero-order chi connectivity index (χ0) is 17.7. The molecule has 0 unspecified atom stereocenters. The van der Waals surface area contributed by atoms with Crippen LogP contribution in [-0.2, 0) is 6.18 Å². The number of hydrogen-bond donors (Lipinski definition) is 1. The molecule has 0 fully saturated rings. The predicted molar refractivity (Wildman–Crippen MR) is 88.7 cm³/mol. The van der Waals surface area contributed by atoms with Crippen LogP contribution in [0.2, 0.25) is 0 Å². The molecule has 1 aliphatic rings. The average molecular weight is 336 g/mol. The van der Waals surface area contributed by atoms with Gasteiger partial charge in [-0.15, -0.1) is 0 Å². The van der Waals surface area contributed by atoms with Gasteiger partial charge < -0.3 is 15.4 Å². The number of ether oxygens (including phenoxy) is 1. The molecule has 0 saturated carbocycles. The second kappa shape index (κ2) is 5.33. The predicted octanol–water partition coefficient (Wildman–Crippen LogP) is 4.91. The molecule has 0 aromatic heterocycles. The first-order valence-corrected chi connectivity index (χ1v) is 7.61. The number of aryl methyl sites for hydroxylation is 1. The Morgan fingerprint density at radius 3 is 2.50 bits per heavy atom. The van der Waals surface area contributed by atoms with E-state index in [-0.39, 0.29) is 5.56 Å². The summed E-state index contributed by atoms with van der Waals surface area (Å²) >= 11 is 0. The standard InChI is InChI=1S/C18H19F3N2O/c1-11-4-6-13(9-14(11)18(19,20)21)23-10-17(2,3)24-16-8-12(22)5-7-15(16)23/h4-9H,10,22H2,1-3H3. The number of halogens is 3. The fourth-order valence-corrected chi connectivity index (χ4v) is 2.94. The highest BCUT2D eigenvalue weighted by Gasteiger charge is 2.36. The van der Waals surface area contributed by atoms with Crippen LogP contribution in [0.15, 0.2) is 36.4 Å². The summed E-state index contributed by atoms with van der Waals surface area (Å²) in [6.07, 6.45) is -4.38. The first-order chi connectivity index (χ1) is 11.1. The minimum atomic E-state index is -4.38. The molecule has 3 nitrogen and oxygen atoms in total. The van der Waals surface area contributed by atoms with E-state index in [1.165, 1.54) is 19.1 Å². The summed E-state index contributed by atoms with van der Waals surface area (Å²) in [5.41, 5.74) is 6.58. The number of hydrogen-bond acceptors (Lipinski definition) is 3. The van der Waals surface area contributed by atoms with Gasteiger partial charge in [-0.25, -0.2) is 0 Å². The van der Waals surface area contributed by atoms with Gasteiger partial charge in [-0.05, 0) is 50.6 Å². The van der Waals surface area contributed by atoms with Crippen molar-refractivity contribution < 1.29 is 17.9 Å². The number of fused-ring (bicyclic) bond motifs is 1. The van der Waals surface area contributed by atoms with Crippen molar-refractivity contribution in [1.82, 2.24) is 0 Å². The molecule has 0 bridgehead atoms. The van der Waals surface area contributed by atoms with Crippen molar-refractivity contribution in [3.8, 4) is 5.75 Å². The Morgan fingerprint density at radius 1 is 1.12 bits per heavy atom. The monoisotopic (exact) mass is 336 g/mol. The molecular formula is C18H19F3N2O. The Balaban J connectivity index is 2.13. The Kier molecular flexibility index (Phi) is 3.66. The zero-order valence-corrected chi connectivity index (χ0v) is 13.7. The van der Waals surface area contributed by atoms with Crippen LogP contribution in [0.4, 0.5) is 30.2 Å². The van der Waals surface area contributed by atoms with Gasteiger partial charge in [0.15, 0.2) is 0 Å². The second-order valence-electron chi connectivity index (χ2n) is 6.67. The molecule has 128 valence electrons. The van der Waals surface area contributed by atoms with E-state index in [2.05, 4.69) is 0 Å². The molecule has 2 aromatic rings. The number of nitrogens with zero attached hydrogens (tertiary/aromatic N) is 1. The molecule has 24 heavy (non-hydrogen) atoms. The minimum Gasteiger partial charge on any atom is -0.484 e. The van der Waals surface area contributed by atoms with Crippen LogP contribution in [0, 0.1) is 6.92 Å². The van der Waals surface area contributed by atoms with Gasteiger partial charge in [0, 0.05) is 17.4 Å². The Hall–Kier alpha value is -2.37. The Morgan fingerprint density at radius 2 is 1.83 bits per heavy atom. The zero-order valence-electron chi connectivity index (χ0n) is 13.7. The average Bonchev–Trinajstić information content (AvgIpc) is 2.44. The van der Waals surface area contributed by atoms with Crippen molar-refractivity contribution >= 4 is 17.1 Å². The highest BCUT2D eigenvalue weighted by molar-refractivity contribution is 5.74. The van der Waals surface area contributed by atoms with Gasteiger partial charge >= 0.3 is 6.18 Å². The lowest BCUT2D eigenvalue weighted by atomic mass is 10.0. The maximum absolute atomic E-state index is 13.2. The third-order valence-corrected chi connectivity index (χ3v) is 4.04. The third kappa shape index (κ3) is 3.00. The van der Waals surface area contributed by atoms with E-state index in [4.69, 9.17) is 10.5 Å². The number of alkyl halides is 3. The van der Waals surface area contributed by atoms with Crippen molar-refractivity contribution in [2.45, 2.75) is 32.5 Å². The molecular weight excluding hydrogens is 317 g/mol. The van der Waals surface area contributed by atoms with E-state index in [1.54, 1.807) is 24.3 Å². The molecule has 2 aromatic carbocycles. The van der Waals surface area contributed by atoms with Crippen LogP contribution in [0.1, 0.15) is 25.0 Å². The maximum atomic E-state index is 13.2. The van der Waals surface area contributed by atoms with E-state index in [1.807, 2.05) is 18.7 Å². The lowest BCUT2D eigenvalue weighted by Crippen LogP contribution is -2.44. The molecule has 1 heterocycles. The molecule has 1 aliphatic heterocycles. The van der Waals surface area contributed by atoms with Crippen LogP contribution in [-0.4, -0.2) is 12.1 Å². The van der Waals surface area contributed by atoms with Crippen molar-refractivity contribution in [1.29, 1.82) is 0 Å². The summed E-state index contributed by atoms with van der Waals surface area (Å²) in [5.74, 6) is 0.570. The Labute approximate surface area is 138 Å². The van der Waals surface area contributed by atoms with E-state index in [9.17, 15) is 13.2 Å². The maximum Gasteiger partial charge on any atom is 0.416 e.